The van der Waals surface area contributed by atoms with Crippen LogP contribution < -0.4 is 10.5 Å². The van der Waals surface area contributed by atoms with Crippen molar-refractivity contribution in [1.82, 2.24) is 0 Å². The second-order valence-corrected chi connectivity index (χ2v) is 5.41. The fourth-order valence-corrected chi connectivity index (χ4v) is 3.30. The van der Waals surface area contributed by atoms with E-state index in [2.05, 4.69) is 6.07 Å². The molecule has 1 aromatic rings. The van der Waals surface area contributed by atoms with Crippen LogP contribution in [0.2, 0.25) is 5.02 Å². The van der Waals surface area contributed by atoms with Crippen LogP contribution in [0.4, 0.5) is 0 Å². The summed E-state index contributed by atoms with van der Waals surface area (Å²) in [5, 5.41) is 0.697. The Bertz CT molecular complexity index is 388. The third kappa shape index (κ3) is 2.16. The molecule has 0 amide bonds. The maximum Gasteiger partial charge on any atom is 0.140 e. The van der Waals surface area contributed by atoms with E-state index in [1.807, 2.05) is 13.0 Å². The van der Waals surface area contributed by atoms with Crippen LogP contribution >= 0.6 is 11.6 Å². The summed E-state index contributed by atoms with van der Waals surface area (Å²) in [6.45, 7) is 2.74. The highest BCUT2D eigenvalue weighted by atomic mass is 35.5. The van der Waals surface area contributed by atoms with Crippen LogP contribution in [-0.4, -0.2) is 13.7 Å². The number of rotatable bonds is 3. The van der Waals surface area contributed by atoms with Gasteiger partial charge in [0.1, 0.15) is 5.75 Å². The number of nitrogens with two attached hydrogens (primary N) is 1. The molecule has 2 nitrogen and oxygen atoms in total. The van der Waals surface area contributed by atoms with Crippen molar-refractivity contribution in [3.8, 4) is 5.75 Å². The molecule has 1 aliphatic carbocycles. The van der Waals surface area contributed by atoms with Crippen LogP contribution in [0.1, 0.15) is 36.8 Å². The van der Waals surface area contributed by atoms with Gasteiger partial charge in [0.05, 0.1) is 12.1 Å². The largest absolute Gasteiger partial charge is 0.495 e. The molecule has 3 heteroatoms. The number of halogens is 1. The average molecular weight is 254 g/mol. The van der Waals surface area contributed by atoms with Gasteiger partial charge in [0, 0.05) is 12.0 Å². The minimum atomic E-state index is 0.140. The molecule has 94 valence electrons. The summed E-state index contributed by atoms with van der Waals surface area (Å²) >= 11 is 6.27. The van der Waals surface area contributed by atoms with Crippen molar-refractivity contribution in [2.75, 3.05) is 13.7 Å². The van der Waals surface area contributed by atoms with Crippen molar-refractivity contribution in [1.29, 1.82) is 0 Å². The van der Waals surface area contributed by atoms with Gasteiger partial charge in [-0.1, -0.05) is 30.5 Å². The average Bonchev–Trinajstić information content (AvgIpc) is 2.78. The second-order valence-electron chi connectivity index (χ2n) is 5.00. The van der Waals surface area contributed by atoms with Gasteiger partial charge in [-0.05, 0) is 37.0 Å². The highest BCUT2D eigenvalue weighted by Gasteiger charge is 2.34. The molecule has 0 atom stereocenters. The molecule has 1 fully saturated rings. The van der Waals surface area contributed by atoms with Crippen LogP contribution in [-0.2, 0) is 5.41 Å². The zero-order valence-electron chi connectivity index (χ0n) is 10.6. The first-order valence-corrected chi connectivity index (χ1v) is 6.55. The van der Waals surface area contributed by atoms with Crippen LogP contribution in [0.3, 0.4) is 0 Å². The summed E-state index contributed by atoms with van der Waals surface area (Å²) in [7, 11) is 1.65. The third-order valence-corrected chi connectivity index (χ3v) is 4.28. The summed E-state index contributed by atoms with van der Waals surface area (Å²) in [5.41, 5.74) is 8.51. The lowest BCUT2D eigenvalue weighted by Crippen LogP contribution is -2.32. The predicted molar refractivity (Wildman–Crippen MR) is 71.9 cm³/mol. The molecule has 0 radical (unpaired) electrons. The van der Waals surface area contributed by atoms with E-state index in [1.165, 1.54) is 31.2 Å². The summed E-state index contributed by atoms with van der Waals surface area (Å²) in [4.78, 5) is 0. The normalized spacial score (nSPS) is 18.4. The van der Waals surface area contributed by atoms with Gasteiger partial charge < -0.3 is 10.5 Å². The number of ether oxygens (including phenoxy) is 1. The van der Waals surface area contributed by atoms with Crippen molar-refractivity contribution in [2.45, 2.75) is 38.0 Å². The Morgan fingerprint density at radius 1 is 1.35 bits per heavy atom. The lowest BCUT2D eigenvalue weighted by Gasteiger charge is -2.29. The summed E-state index contributed by atoms with van der Waals surface area (Å²) in [6.07, 6.45) is 4.87. The summed E-state index contributed by atoms with van der Waals surface area (Å²) < 4.78 is 5.30. The highest BCUT2D eigenvalue weighted by Crippen LogP contribution is 2.43. The van der Waals surface area contributed by atoms with Crippen molar-refractivity contribution in [2.24, 2.45) is 5.73 Å². The Morgan fingerprint density at radius 3 is 2.47 bits per heavy atom. The van der Waals surface area contributed by atoms with Gasteiger partial charge >= 0.3 is 0 Å². The molecule has 0 bridgehead atoms. The summed E-state index contributed by atoms with van der Waals surface area (Å²) in [6, 6.07) is 4.22. The molecular weight excluding hydrogens is 234 g/mol. The molecule has 0 aliphatic heterocycles. The number of aryl methyl sites for hydroxylation is 1. The predicted octanol–water partition coefficient (Wildman–Crippen LogP) is 3.43. The van der Waals surface area contributed by atoms with Gasteiger partial charge in [-0.25, -0.2) is 0 Å². The van der Waals surface area contributed by atoms with Crippen molar-refractivity contribution in [3.05, 3.63) is 28.3 Å². The maximum absolute atomic E-state index is 6.27. The molecule has 0 saturated heterocycles. The first kappa shape index (κ1) is 12.7. The number of methoxy groups -OCH3 is 1. The fourth-order valence-electron chi connectivity index (χ4n) is 2.96. The van der Waals surface area contributed by atoms with Crippen LogP contribution in [0.15, 0.2) is 12.1 Å². The van der Waals surface area contributed by atoms with Gasteiger partial charge in [-0.15, -0.1) is 0 Å². The lowest BCUT2D eigenvalue weighted by atomic mass is 9.78. The van der Waals surface area contributed by atoms with Gasteiger partial charge in [0.2, 0.25) is 0 Å². The van der Waals surface area contributed by atoms with E-state index < -0.39 is 0 Å². The Labute approximate surface area is 108 Å². The van der Waals surface area contributed by atoms with E-state index in [4.69, 9.17) is 22.1 Å². The topological polar surface area (TPSA) is 35.2 Å². The molecular formula is C14H20ClNO. The first-order chi connectivity index (χ1) is 8.13. The van der Waals surface area contributed by atoms with E-state index in [0.29, 0.717) is 11.6 Å². The molecule has 1 aromatic carbocycles. The minimum Gasteiger partial charge on any atom is -0.495 e. The van der Waals surface area contributed by atoms with E-state index in [0.717, 1.165) is 11.3 Å². The van der Waals surface area contributed by atoms with Crippen molar-refractivity contribution >= 4 is 11.6 Å². The summed E-state index contributed by atoms with van der Waals surface area (Å²) in [5.74, 6) is 0.778. The van der Waals surface area contributed by atoms with Crippen LogP contribution in [0.5, 0.6) is 5.75 Å². The molecule has 0 heterocycles. The minimum absolute atomic E-state index is 0.140. The van der Waals surface area contributed by atoms with Gasteiger partial charge in [0.15, 0.2) is 0 Å². The van der Waals surface area contributed by atoms with Crippen LogP contribution in [0.25, 0.3) is 0 Å². The van der Waals surface area contributed by atoms with Crippen LogP contribution in [0, 0.1) is 6.92 Å². The highest BCUT2D eigenvalue weighted by molar-refractivity contribution is 6.32. The number of benzene rings is 1. The third-order valence-electron chi connectivity index (χ3n) is 4.00. The number of hydrogen-bond donors (Lipinski definition) is 1. The Hall–Kier alpha value is -0.730. The van der Waals surface area contributed by atoms with Gasteiger partial charge in [-0.2, -0.15) is 0 Å². The zero-order chi connectivity index (χ0) is 12.5. The molecule has 2 rings (SSSR count). The molecule has 1 saturated carbocycles. The Morgan fingerprint density at radius 2 is 2.00 bits per heavy atom. The van der Waals surface area contributed by atoms with E-state index in [-0.39, 0.29) is 5.41 Å². The molecule has 0 aromatic heterocycles. The Balaban J connectivity index is 2.45. The van der Waals surface area contributed by atoms with E-state index >= 15 is 0 Å². The smallest absolute Gasteiger partial charge is 0.140 e. The molecule has 1 aliphatic rings. The molecule has 0 spiro atoms. The molecule has 17 heavy (non-hydrogen) atoms. The van der Waals surface area contributed by atoms with Gasteiger partial charge in [-0.3, -0.25) is 0 Å². The van der Waals surface area contributed by atoms with Gasteiger partial charge in [0.25, 0.3) is 0 Å². The molecule has 0 unspecified atom stereocenters. The van der Waals surface area contributed by atoms with E-state index in [1.54, 1.807) is 7.11 Å². The molecule has 2 N–H and O–H groups in total. The zero-order valence-corrected chi connectivity index (χ0v) is 11.3. The van der Waals surface area contributed by atoms with Crippen molar-refractivity contribution in [3.63, 3.8) is 0 Å². The fraction of sp³-hybridized carbons (Fsp3) is 0.571. The SMILES string of the molecule is COc1c(C)cc(C2(CN)CCCC2)cc1Cl. The standard InChI is InChI=1S/C14H20ClNO/c1-10-7-11(8-12(15)13(10)17-2)14(9-16)5-3-4-6-14/h7-8H,3-6,9,16H2,1-2H3. The monoisotopic (exact) mass is 253 g/mol. The Kier molecular flexibility index (Phi) is 3.64. The quantitative estimate of drug-likeness (QED) is 0.896. The maximum atomic E-state index is 6.27. The van der Waals surface area contributed by atoms with E-state index in [9.17, 15) is 0 Å². The second kappa shape index (κ2) is 4.87. The van der Waals surface area contributed by atoms with Crippen molar-refractivity contribution < 1.29 is 4.74 Å². The number of hydrogen-bond acceptors (Lipinski definition) is 2. The lowest BCUT2D eigenvalue weighted by molar-refractivity contribution is 0.409. The first-order valence-electron chi connectivity index (χ1n) is 6.17.